The second-order valence-corrected chi connectivity index (χ2v) is 9.33. The number of piperazine rings is 1. The fraction of sp³-hybridized carbons (Fsp3) is 0.370. The van der Waals surface area contributed by atoms with E-state index in [2.05, 4.69) is 22.0 Å². The number of esters is 1. The van der Waals surface area contributed by atoms with Crippen LogP contribution in [0.3, 0.4) is 0 Å². The van der Waals surface area contributed by atoms with Crippen molar-refractivity contribution in [2.75, 3.05) is 32.8 Å². The number of benzene rings is 2. The molecule has 35 heavy (non-hydrogen) atoms. The van der Waals surface area contributed by atoms with Crippen molar-refractivity contribution >= 4 is 23.2 Å². The summed E-state index contributed by atoms with van der Waals surface area (Å²) in [6.45, 7) is 7.87. The molecule has 0 saturated carbocycles. The second kappa shape index (κ2) is 12.0. The van der Waals surface area contributed by atoms with E-state index in [4.69, 9.17) is 9.47 Å². The zero-order valence-electron chi connectivity index (χ0n) is 20.2. The molecule has 0 bridgehead atoms. The topological polar surface area (TPSA) is 72.0 Å². The maximum absolute atomic E-state index is 12.8. The summed E-state index contributed by atoms with van der Waals surface area (Å²) in [5.74, 6) is 0.160. The first-order valence-electron chi connectivity index (χ1n) is 11.9. The Hall–Kier alpha value is -3.23. The molecular weight excluding hydrogens is 462 g/mol. The van der Waals surface area contributed by atoms with Crippen molar-refractivity contribution in [2.45, 2.75) is 32.9 Å². The molecule has 3 aromatic rings. The van der Waals surface area contributed by atoms with Crippen LogP contribution in [0, 0.1) is 0 Å². The quantitative estimate of drug-likeness (QED) is 0.419. The Morgan fingerprint density at radius 1 is 1.03 bits per heavy atom. The monoisotopic (exact) mass is 493 g/mol. The van der Waals surface area contributed by atoms with Gasteiger partial charge in [-0.15, -0.1) is 11.3 Å². The van der Waals surface area contributed by atoms with Crippen LogP contribution >= 0.6 is 11.3 Å². The van der Waals surface area contributed by atoms with Gasteiger partial charge < -0.3 is 14.4 Å². The van der Waals surface area contributed by atoms with Gasteiger partial charge in [0.2, 0.25) is 0 Å². The fourth-order valence-corrected chi connectivity index (χ4v) is 4.95. The van der Waals surface area contributed by atoms with Crippen molar-refractivity contribution in [3.05, 3.63) is 71.2 Å². The van der Waals surface area contributed by atoms with E-state index in [9.17, 15) is 9.59 Å². The minimum absolute atomic E-state index is 0.0236. The number of aromatic nitrogens is 1. The number of para-hydroxylation sites is 1. The molecule has 1 fully saturated rings. The van der Waals surface area contributed by atoms with E-state index in [0.717, 1.165) is 36.0 Å². The lowest BCUT2D eigenvalue weighted by Gasteiger charge is -2.35. The minimum atomic E-state index is -0.819. The van der Waals surface area contributed by atoms with E-state index < -0.39 is 12.1 Å². The van der Waals surface area contributed by atoms with Crippen molar-refractivity contribution in [3.8, 4) is 16.3 Å². The molecule has 1 saturated heterocycles. The van der Waals surface area contributed by atoms with Gasteiger partial charge in [-0.2, -0.15) is 0 Å². The van der Waals surface area contributed by atoms with Gasteiger partial charge in [-0.3, -0.25) is 14.5 Å². The van der Waals surface area contributed by atoms with Gasteiger partial charge in [-0.05, 0) is 31.5 Å². The lowest BCUT2D eigenvalue weighted by atomic mass is 10.2. The molecule has 1 aliphatic rings. The van der Waals surface area contributed by atoms with Crippen LogP contribution in [0.1, 0.15) is 25.1 Å². The summed E-state index contributed by atoms with van der Waals surface area (Å²) >= 11 is 1.45. The molecule has 7 nitrogen and oxygen atoms in total. The normalized spacial score (nSPS) is 15.0. The number of carbonyl (C=O) groups excluding carboxylic acids is 2. The number of amides is 1. The van der Waals surface area contributed by atoms with Gasteiger partial charge in [0.25, 0.3) is 5.91 Å². The smallest absolute Gasteiger partial charge is 0.312 e. The molecule has 4 rings (SSSR count). The van der Waals surface area contributed by atoms with Crippen LogP contribution in [-0.4, -0.2) is 65.6 Å². The average Bonchev–Trinajstić information content (AvgIpc) is 3.33. The first-order chi connectivity index (χ1) is 17.0. The highest BCUT2D eigenvalue weighted by atomic mass is 32.1. The van der Waals surface area contributed by atoms with Crippen LogP contribution in [0.15, 0.2) is 60.0 Å². The Bertz CT molecular complexity index is 1130. The van der Waals surface area contributed by atoms with Crippen LogP contribution in [0.4, 0.5) is 0 Å². The zero-order chi connectivity index (χ0) is 24.6. The van der Waals surface area contributed by atoms with E-state index in [1.165, 1.54) is 16.9 Å². The molecule has 0 radical (unpaired) electrons. The van der Waals surface area contributed by atoms with Crippen molar-refractivity contribution in [1.82, 2.24) is 14.8 Å². The highest BCUT2D eigenvalue weighted by Gasteiger charge is 2.27. The molecule has 1 amide bonds. The van der Waals surface area contributed by atoms with Crippen LogP contribution in [0.2, 0.25) is 0 Å². The van der Waals surface area contributed by atoms with Crippen molar-refractivity contribution in [3.63, 3.8) is 0 Å². The largest absolute Gasteiger partial charge is 0.493 e. The second-order valence-electron chi connectivity index (χ2n) is 8.47. The summed E-state index contributed by atoms with van der Waals surface area (Å²) < 4.78 is 11.1. The van der Waals surface area contributed by atoms with Crippen LogP contribution in [-0.2, 0) is 27.3 Å². The number of hydrogen-bond acceptors (Lipinski definition) is 7. The highest BCUT2D eigenvalue weighted by molar-refractivity contribution is 7.13. The summed E-state index contributed by atoms with van der Waals surface area (Å²) in [5, 5.41) is 2.63. The Balaban J connectivity index is 1.26. The van der Waals surface area contributed by atoms with Gasteiger partial charge in [0.15, 0.2) is 6.10 Å². The number of hydrogen-bond donors (Lipinski definition) is 0. The molecule has 0 N–H and O–H groups in total. The number of thiazole rings is 1. The van der Waals surface area contributed by atoms with E-state index in [1.807, 2.05) is 54.8 Å². The van der Waals surface area contributed by atoms with Gasteiger partial charge in [0, 0.05) is 38.1 Å². The number of ether oxygens (including phenoxy) is 2. The maximum atomic E-state index is 12.8. The third kappa shape index (κ3) is 6.68. The third-order valence-corrected chi connectivity index (χ3v) is 6.81. The minimum Gasteiger partial charge on any atom is -0.493 e. The maximum Gasteiger partial charge on any atom is 0.312 e. The zero-order valence-corrected chi connectivity index (χ0v) is 21.0. The van der Waals surface area contributed by atoms with E-state index in [0.29, 0.717) is 25.4 Å². The predicted octanol–water partition coefficient (Wildman–Crippen LogP) is 4.03. The first-order valence-corrected chi connectivity index (χ1v) is 12.8. The predicted molar refractivity (Wildman–Crippen MR) is 136 cm³/mol. The van der Waals surface area contributed by atoms with Crippen molar-refractivity contribution in [1.29, 1.82) is 0 Å². The van der Waals surface area contributed by atoms with Gasteiger partial charge in [0.05, 0.1) is 24.3 Å². The van der Waals surface area contributed by atoms with E-state index >= 15 is 0 Å². The SMILES string of the molecule is CCOc1ccccc1-c1nc(CC(=O)OC(C)C(=O)N2CCN(Cc3ccccc3)CC2)cs1. The molecule has 0 aliphatic carbocycles. The first kappa shape index (κ1) is 24.9. The molecule has 2 heterocycles. The number of nitrogens with zero attached hydrogens (tertiary/aromatic N) is 3. The van der Waals surface area contributed by atoms with Gasteiger partial charge in [-0.1, -0.05) is 42.5 Å². The number of rotatable bonds is 9. The third-order valence-electron chi connectivity index (χ3n) is 5.88. The van der Waals surface area contributed by atoms with E-state index in [1.54, 1.807) is 11.8 Å². The average molecular weight is 494 g/mol. The fourth-order valence-electron chi connectivity index (χ4n) is 4.10. The molecule has 8 heteroatoms. The van der Waals surface area contributed by atoms with E-state index in [-0.39, 0.29) is 12.3 Å². The van der Waals surface area contributed by atoms with Crippen LogP contribution < -0.4 is 4.74 Å². The molecular formula is C27H31N3O4S. The summed E-state index contributed by atoms with van der Waals surface area (Å²) in [4.78, 5) is 34.1. The lowest BCUT2D eigenvalue weighted by molar-refractivity contribution is -0.159. The molecule has 0 spiro atoms. The summed E-state index contributed by atoms with van der Waals surface area (Å²) in [7, 11) is 0. The molecule has 184 valence electrons. The summed E-state index contributed by atoms with van der Waals surface area (Å²) in [6, 6.07) is 18.0. The van der Waals surface area contributed by atoms with Gasteiger partial charge >= 0.3 is 5.97 Å². The van der Waals surface area contributed by atoms with Gasteiger partial charge in [-0.25, -0.2) is 4.98 Å². The molecule has 1 atom stereocenters. The summed E-state index contributed by atoms with van der Waals surface area (Å²) in [5.41, 5.74) is 2.78. The molecule has 1 unspecified atom stereocenters. The lowest BCUT2D eigenvalue weighted by Crippen LogP contribution is -2.51. The standard InChI is InChI=1S/C27H31N3O4S/c1-3-33-24-12-8-7-11-23(24)26-28-22(19-35-26)17-25(31)34-20(2)27(32)30-15-13-29(14-16-30)18-21-9-5-4-6-10-21/h4-12,19-20H,3,13-18H2,1-2H3. The molecule has 1 aliphatic heterocycles. The van der Waals surface area contributed by atoms with Crippen molar-refractivity contribution in [2.24, 2.45) is 0 Å². The molecule has 1 aromatic heterocycles. The van der Waals surface area contributed by atoms with Crippen molar-refractivity contribution < 1.29 is 19.1 Å². The highest BCUT2D eigenvalue weighted by Crippen LogP contribution is 2.32. The van der Waals surface area contributed by atoms with Crippen LogP contribution in [0.5, 0.6) is 5.75 Å². The van der Waals surface area contributed by atoms with Gasteiger partial charge in [0.1, 0.15) is 10.8 Å². The Morgan fingerprint density at radius 2 is 1.74 bits per heavy atom. The van der Waals surface area contributed by atoms with Crippen LogP contribution in [0.25, 0.3) is 10.6 Å². The number of carbonyl (C=O) groups is 2. The Kier molecular flexibility index (Phi) is 8.50. The Morgan fingerprint density at radius 3 is 2.49 bits per heavy atom. The summed E-state index contributed by atoms with van der Waals surface area (Å²) in [6.07, 6.45) is -0.796. The molecule has 2 aromatic carbocycles. The Labute approximate surface area is 210 Å².